The lowest BCUT2D eigenvalue weighted by atomic mass is 10.0. The first-order valence-electron chi connectivity index (χ1n) is 5.60. The Bertz CT molecular complexity index is 558. The van der Waals surface area contributed by atoms with Gasteiger partial charge in [-0.2, -0.15) is 0 Å². The van der Waals surface area contributed by atoms with Crippen molar-refractivity contribution in [3.8, 4) is 0 Å². The van der Waals surface area contributed by atoms with Crippen LogP contribution in [0.2, 0.25) is 5.02 Å². The fourth-order valence-electron chi connectivity index (χ4n) is 1.37. The Morgan fingerprint density at radius 2 is 2.06 bits per heavy atom. The summed E-state index contributed by atoms with van der Waals surface area (Å²) < 4.78 is 0. The molecule has 0 aliphatic carbocycles. The van der Waals surface area contributed by atoms with Crippen molar-refractivity contribution < 1.29 is 0 Å². The van der Waals surface area contributed by atoms with E-state index < -0.39 is 0 Å². The zero-order valence-electron chi connectivity index (χ0n) is 10.6. The SMILES string of the molecule is C=C=C(C)/C(C)=C/C=C(\C=N)c1cccc(Cl)c1. The average molecular weight is 258 g/mol. The van der Waals surface area contributed by atoms with Crippen molar-refractivity contribution >= 4 is 23.4 Å². The van der Waals surface area contributed by atoms with Crippen LogP contribution in [0.15, 0.2) is 59.9 Å². The van der Waals surface area contributed by atoms with Gasteiger partial charge in [-0.15, -0.1) is 5.73 Å². The first kappa shape index (κ1) is 14.2. The van der Waals surface area contributed by atoms with Crippen LogP contribution in [0.3, 0.4) is 0 Å². The van der Waals surface area contributed by atoms with Crippen LogP contribution in [0.1, 0.15) is 19.4 Å². The van der Waals surface area contributed by atoms with Crippen LogP contribution in [-0.2, 0) is 0 Å². The summed E-state index contributed by atoms with van der Waals surface area (Å²) >= 11 is 5.94. The molecule has 0 radical (unpaired) electrons. The lowest BCUT2D eigenvalue weighted by molar-refractivity contribution is 1.36. The molecule has 1 nitrogen and oxygen atoms in total. The van der Waals surface area contributed by atoms with Crippen LogP contribution in [0.25, 0.3) is 5.57 Å². The number of benzene rings is 1. The lowest BCUT2D eigenvalue weighted by Gasteiger charge is -2.02. The summed E-state index contributed by atoms with van der Waals surface area (Å²) in [5.74, 6) is 0. The van der Waals surface area contributed by atoms with Gasteiger partial charge in [-0.1, -0.05) is 42.5 Å². The molecule has 0 bridgehead atoms. The molecule has 0 amide bonds. The van der Waals surface area contributed by atoms with Gasteiger partial charge in [-0.3, -0.25) is 0 Å². The maximum atomic E-state index is 7.46. The van der Waals surface area contributed by atoms with Crippen LogP contribution in [0.5, 0.6) is 0 Å². The highest BCUT2D eigenvalue weighted by atomic mass is 35.5. The molecule has 0 fully saturated rings. The van der Waals surface area contributed by atoms with Gasteiger partial charge in [0.15, 0.2) is 0 Å². The third kappa shape index (κ3) is 3.89. The normalized spacial score (nSPS) is 11.9. The van der Waals surface area contributed by atoms with Crippen LogP contribution < -0.4 is 0 Å². The van der Waals surface area contributed by atoms with Crippen LogP contribution >= 0.6 is 11.6 Å². The topological polar surface area (TPSA) is 23.9 Å². The van der Waals surface area contributed by atoms with Crippen LogP contribution in [0.4, 0.5) is 0 Å². The van der Waals surface area contributed by atoms with E-state index in [-0.39, 0.29) is 0 Å². The van der Waals surface area contributed by atoms with Crippen LogP contribution in [-0.4, -0.2) is 6.21 Å². The minimum atomic E-state index is 0.670. The second-order valence-corrected chi connectivity index (χ2v) is 4.36. The summed E-state index contributed by atoms with van der Waals surface area (Å²) in [7, 11) is 0. The van der Waals surface area contributed by atoms with Crippen molar-refractivity contribution in [1.82, 2.24) is 0 Å². The maximum Gasteiger partial charge on any atom is 0.0412 e. The van der Waals surface area contributed by atoms with E-state index in [1.807, 2.05) is 50.3 Å². The van der Waals surface area contributed by atoms with Gasteiger partial charge in [0.1, 0.15) is 0 Å². The molecule has 0 saturated carbocycles. The van der Waals surface area contributed by atoms with E-state index in [0.29, 0.717) is 5.02 Å². The molecule has 1 rings (SSSR count). The van der Waals surface area contributed by atoms with Crippen molar-refractivity contribution in [2.75, 3.05) is 0 Å². The predicted octanol–water partition coefficient (Wildman–Crippen LogP) is 5.05. The van der Waals surface area contributed by atoms with E-state index in [1.165, 1.54) is 6.21 Å². The fraction of sp³-hybridized carbons (Fsp3) is 0.125. The Kier molecular flexibility index (Phi) is 5.38. The quantitative estimate of drug-likeness (QED) is 0.443. The molecular formula is C16H16ClN. The summed E-state index contributed by atoms with van der Waals surface area (Å²) in [4.78, 5) is 0. The van der Waals surface area contributed by atoms with Gasteiger partial charge < -0.3 is 5.41 Å². The zero-order valence-corrected chi connectivity index (χ0v) is 11.4. The van der Waals surface area contributed by atoms with E-state index in [9.17, 15) is 0 Å². The summed E-state index contributed by atoms with van der Waals surface area (Å²) in [6.45, 7) is 7.56. The van der Waals surface area contributed by atoms with Gasteiger partial charge in [0, 0.05) is 11.2 Å². The molecule has 0 spiro atoms. The Morgan fingerprint density at radius 1 is 1.33 bits per heavy atom. The molecule has 0 unspecified atom stereocenters. The van der Waals surface area contributed by atoms with E-state index in [0.717, 1.165) is 22.3 Å². The number of halogens is 1. The van der Waals surface area contributed by atoms with Gasteiger partial charge >= 0.3 is 0 Å². The molecule has 0 aromatic heterocycles. The van der Waals surface area contributed by atoms with Crippen LogP contribution in [0, 0.1) is 5.41 Å². The first-order valence-corrected chi connectivity index (χ1v) is 5.98. The number of rotatable bonds is 4. The highest BCUT2D eigenvalue weighted by molar-refractivity contribution is 6.31. The number of hydrogen-bond acceptors (Lipinski definition) is 1. The van der Waals surface area contributed by atoms with Gasteiger partial charge in [-0.25, -0.2) is 0 Å². The summed E-state index contributed by atoms with van der Waals surface area (Å²) in [5, 5.41) is 8.13. The van der Waals surface area contributed by atoms with Crippen molar-refractivity contribution in [3.05, 3.63) is 70.5 Å². The second kappa shape index (κ2) is 6.80. The molecule has 18 heavy (non-hydrogen) atoms. The highest BCUT2D eigenvalue weighted by Crippen LogP contribution is 2.18. The Morgan fingerprint density at radius 3 is 2.61 bits per heavy atom. The molecule has 1 N–H and O–H groups in total. The minimum absolute atomic E-state index is 0.670. The standard InChI is InChI=1S/C16H16ClN/c1-4-12(2)13(3)8-9-15(11-18)14-6-5-7-16(17)10-14/h5-11,18H,1H2,2-3H3/b13-8+,15-9+,18-11?. The molecule has 2 heteroatoms. The van der Waals surface area contributed by atoms with E-state index in [2.05, 4.69) is 12.3 Å². The molecule has 1 aromatic rings. The molecule has 0 saturated heterocycles. The smallest absolute Gasteiger partial charge is 0.0412 e. The number of hydrogen-bond donors (Lipinski definition) is 1. The predicted molar refractivity (Wildman–Crippen MR) is 80.3 cm³/mol. The maximum absolute atomic E-state index is 7.46. The summed E-state index contributed by atoms with van der Waals surface area (Å²) in [6.07, 6.45) is 5.17. The van der Waals surface area contributed by atoms with Gasteiger partial charge in [0.05, 0.1) is 0 Å². The molecule has 0 aliphatic rings. The summed E-state index contributed by atoms with van der Waals surface area (Å²) in [6, 6.07) is 7.47. The van der Waals surface area contributed by atoms with E-state index in [1.54, 1.807) is 0 Å². The van der Waals surface area contributed by atoms with Crippen molar-refractivity contribution in [1.29, 1.82) is 5.41 Å². The fourth-order valence-corrected chi connectivity index (χ4v) is 1.57. The number of nitrogens with one attached hydrogen (secondary N) is 1. The second-order valence-electron chi connectivity index (χ2n) is 3.93. The minimum Gasteiger partial charge on any atom is -0.308 e. The molecule has 0 atom stereocenters. The Balaban J connectivity index is 3.12. The molecular weight excluding hydrogens is 242 g/mol. The third-order valence-electron chi connectivity index (χ3n) is 2.68. The molecule has 1 aromatic carbocycles. The van der Waals surface area contributed by atoms with Gasteiger partial charge in [0.25, 0.3) is 0 Å². The Hall–Kier alpha value is -1.82. The number of allylic oxidation sites excluding steroid dienone is 5. The first-order chi connectivity index (χ1) is 8.58. The van der Waals surface area contributed by atoms with E-state index in [4.69, 9.17) is 17.0 Å². The molecule has 0 aliphatic heterocycles. The summed E-state index contributed by atoms with van der Waals surface area (Å²) in [5.41, 5.74) is 6.67. The molecule has 92 valence electrons. The molecule has 0 heterocycles. The Labute approximate surface area is 113 Å². The lowest BCUT2D eigenvalue weighted by Crippen LogP contribution is -1.85. The van der Waals surface area contributed by atoms with E-state index >= 15 is 0 Å². The largest absolute Gasteiger partial charge is 0.308 e. The third-order valence-corrected chi connectivity index (χ3v) is 2.92. The van der Waals surface area contributed by atoms with Gasteiger partial charge in [-0.05, 0) is 48.3 Å². The van der Waals surface area contributed by atoms with Crippen molar-refractivity contribution in [2.24, 2.45) is 0 Å². The monoisotopic (exact) mass is 257 g/mol. The van der Waals surface area contributed by atoms with Crippen molar-refractivity contribution in [2.45, 2.75) is 13.8 Å². The van der Waals surface area contributed by atoms with Gasteiger partial charge in [0.2, 0.25) is 0 Å². The highest BCUT2D eigenvalue weighted by Gasteiger charge is 1.98. The average Bonchev–Trinajstić information content (AvgIpc) is 2.38. The van der Waals surface area contributed by atoms with Crippen molar-refractivity contribution in [3.63, 3.8) is 0 Å². The zero-order chi connectivity index (χ0) is 13.5.